The summed E-state index contributed by atoms with van der Waals surface area (Å²) in [5, 5.41) is 13.8. The Morgan fingerprint density at radius 3 is 2.35 bits per heavy atom. The topological polar surface area (TPSA) is 129 Å². The minimum atomic E-state index is -0.250. The molecule has 3 aliphatic heterocycles. The number of carboxylic acid groups (broad SMARTS) is 2. The molecule has 0 aromatic carbocycles. The Balaban J connectivity index is 0.000000489. The maximum atomic E-state index is 13.4. The first-order valence-electron chi connectivity index (χ1n) is 13.1. The number of fused-ring (bicyclic) bond motifs is 4. The predicted molar refractivity (Wildman–Crippen MR) is 137 cm³/mol. The van der Waals surface area contributed by atoms with Crippen LogP contribution in [0.4, 0.5) is 0 Å². The minimum Gasteiger partial charge on any atom is -0.483 e. The minimum absolute atomic E-state index is 0.250. The molecule has 10 heteroatoms. The van der Waals surface area contributed by atoms with Gasteiger partial charge in [0, 0.05) is 74.4 Å². The summed E-state index contributed by atoms with van der Waals surface area (Å²) in [6, 6.07) is 4.40. The molecular formula is C27H37N5O5. The molecule has 1 spiro atoms. The van der Waals surface area contributed by atoms with Crippen LogP contribution in [-0.4, -0.2) is 73.7 Å². The van der Waals surface area contributed by atoms with Gasteiger partial charge in [0.15, 0.2) is 0 Å². The van der Waals surface area contributed by atoms with Gasteiger partial charge in [0.25, 0.3) is 18.5 Å². The third-order valence-corrected chi connectivity index (χ3v) is 8.35. The molecule has 2 saturated heterocycles. The van der Waals surface area contributed by atoms with Crippen molar-refractivity contribution >= 4 is 12.9 Å². The van der Waals surface area contributed by atoms with Gasteiger partial charge in [-0.25, -0.2) is 9.97 Å². The van der Waals surface area contributed by atoms with Gasteiger partial charge in [-0.3, -0.25) is 24.2 Å². The first-order chi connectivity index (χ1) is 18.0. The molecule has 3 fully saturated rings. The largest absolute Gasteiger partial charge is 0.483 e. The summed E-state index contributed by atoms with van der Waals surface area (Å²) in [6.07, 6.45) is 13.5. The third-order valence-electron chi connectivity index (χ3n) is 8.35. The van der Waals surface area contributed by atoms with Crippen molar-refractivity contribution in [1.82, 2.24) is 24.3 Å². The first kappa shape index (κ1) is 26.9. The van der Waals surface area contributed by atoms with Crippen LogP contribution >= 0.6 is 0 Å². The van der Waals surface area contributed by atoms with Gasteiger partial charge < -0.3 is 14.8 Å². The van der Waals surface area contributed by atoms with Crippen molar-refractivity contribution in [3.63, 3.8) is 0 Å². The summed E-state index contributed by atoms with van der Waals surface area (Å²) in [4.78, 5) is 43.5. The lowest BCUT2D eigenvalue weighted by atomic mass is 9.83. The van der Waals surface area contributed by atoms with Gasteiger partial charge in [0.2, 0.25) is 0 Å². The molecule has 0 radical (unpaired) electrons. The van der Waals surface area contributed by atoms with Gasteiger partial charge in [0.1, 0.15) is 6.33 Å². The molecule has 37 heavy (non-hydrogen) atoms. The molecule has 1 saturated carbocycles. The van der Waals surface area contributed by atoms with Gasteiger partial charge in [-0.2, -0.15) is 0 Å². The zero-order valence-electron chi connectivity index (χ0n) is 21.2. The Hall–Kier alpha value is -3.11. The molecule has 5 heterocycles. The van der Waals surface area contributed by atoms with E-state index in [9.17, 15) is 4.79 Å². The van der Waals surface area contributed by atoms with Gasteiger partial charge in [-0.1, -0.05) is 18.9 Å². The summed E-state index contributed by atoms with van der Waals surface area (Å²) in [7, 11) is 0. The van der Waals surface area contributed by atoms with Crippen LogP contribution in [0.2, 0.25) is 0 Å². The van der Waals surface area contributed by atoms with E-state index in [2.05, 4.69) is 36.5 Å². The fourth-order valence-corrected chi connectivity index (χ4v) is 6.95. The second-order valence-corrected chi connectivity index (χ2v) is 10.8. The van der Waals surface area contributed by atoms with Crippen LogP contribution in [0, 0.1) is 11.3 Å². The summed E-state index contributed by atoms with van der Waals surface area (Å²) in [6.45, 7) is 6.50. The number of likely N-dealkylation sites (tertiary alicyclic amines) is 2. The number of hydrogen-bond donors (Lipinski definition) is 2. The van der Waals surface area contributed by atoms with Crippen LogP contribution in [0.15, 0.2) is 35.6 Å². The molecule has 2 N–H and O–H groups in total. The Kier molecular flexibility index (Phi) is 9.04. The number of nitrogens with zero attached hydrogens (tertiary/aromatic N) is 5. The lowest BCUT2D eigenvalue weighted by Gasteiger charge is -2.43. The van der Waals surface area contributed by atoms with Crippen LogP contribution in [-0.2, 0) is 29.2 Å². The van der Waals surface area contributed by atoms with E-state index in [1.807, 2.05) is 12.4 Å². The molecule has 0 amide bonds. The standard InChI is InChI=1S/C25H33N5O.2CH2O2/c31-24-21(15-28-8-7-25(17-28)5-1-2-6-25)3-4-23-22-9-19(14-30(23)24)12-29(16-22)13-20-10-26-18-27-11-20;2*2-1-3/h3-4,10-11,18-19,22H,1-2,5-9,12-17H2;2*1H,(H,2,3)/t19-,22+;;/m0../s1. The van der Waals surface area contributed by atoms with Gasteiger partial charge in [0.05, 0.1) is 0 Å². The third kappa shape index (κ3) is 6.42. The van der Waals surface area contributed by atoms with Crippen molar-refractivity contribution in [1.29, 1.82) is 0 Å². The molecule has 6 rings (SSSR count). The summed E-state index contributed by atoms with van der Waals surface area (Å²) < 4.78 is 2.12. The normalized spacial score (nSPS) is 23.8. The fourth-order valence-electron chi connectivity index (χ4n) is 6.95. The smallest absolute Gasteiger partial charge is 0.290 e. The Bertz CT molecular complexity index is 1100. The summed E-state index contributed by atoms with van der Waals surface area (Å²) in [5.74, 6) is 1.00. The van der Waals surface area contributed by atoms with Crippen LogP contribution in [0.25, 0.3) is 0 Å². The van der Waals surface area contributed by atoms with E-state index in [0.717, 1.165) is 44.8 Å². The molecule has 2 bridgehead atoms. The average Bonchev–Trinajstić information content (AvgIpc) is 3.52. The SMILES string of the molecule is O=CO.O=CO.O=c1c(CN2CCC3(CCCC3)C2)ccc2n1C[C@H]1C[C@@H]2CN(Cc2cncnc2)C1. The van der Waals surface area contributed by atoms with Crippen LogP contribution in [0.3, 0.4) is 0 Å². The number of piperidine rings is 1. The molecule has 2 atom stereocenters. The van der Waals surface area contributed by atoms with Crippen LogP contribution in [0.5, 0.6) is 0 Å². The van der Waals surface area contributed by atoms with E-state index in [0.29, 0.717) is 17.3 Å². The molecule has 2 aromatic rings. The zero-order valence-corrected chi connectivity index (χ0v) is 21.2. The van der Waals surface area contributed by atoms with Crippen LogP contribution in [0.1, 0.15) is 61.3 Å². The lowest BCUT2D eigenvalue weighted by Crippen LogP contribution is -2.47. The van der Waals surface area contributed by atoms with E-state index >= 15 is 0 Å². The number of aromatic nitrogens is 3. The van der Waals surface area contributed by atoms with E-state index in [1.54, 1.807) is 6.33 Å². The highest BCUT2D eigenvalue weighted by molar-refractivity contribution is 5.33. The molecule has 0 unspecified atom stereocenters. The van der Waals surface area contributed by atoms with Gasteiger partial charge >= 0.3 is 0 Å². The summed E-state index contributed by atoms with van der Waals surface area (Å²) in [5.41, 5.74) is 4.24. The van der Waals surface area contributed by atoms with Crippen molar-refractivity contribution in [2.45, 2.75) is 64.1 Å². The molecule has 1 aliphatic carbocycles. The molecule has 4 aliphatic rings. The van der Waals surface area contributed by atoms with Gasteiger partial charge in [-0.05, 0) is 49.6 Å². The predicted octanol–water partition coefficient (Wildman–Crippen LogP) is 2.43. The van der Waals surface area contributed by atoms with Crippen molar-refractivity contribution in [2.24, 2.45) is 11.3 Å². The van der Waals surface area contributed by atoms with Crippen molar-refractivity contribution < 1.29 is 19.8 Å². The van der Waals surface area contributed by atoms with Crippen LogP contribution < -0.4 is 5.56 Å². The van der Waals surface area contributed by atoms with Crippen molar-refractivity contribution in [2.75, 3.05) is 26.2 Å². The average molecular weight is 512 g/mol. The quantitative estimate of drug-likeness (QED) is 0.595. The monoisotopic (exact) mass is 511 g/mol. The molecular weight excluding hydrogens is 474 g/mol. The fraction of sp³-hybridized carbons (Fsp3) is 0.593. The van der Waals surface area contributed by atoms with E-state index in [4.69, 9.17) is 19.8 Å². The number of hydrogen-bond acceptors (Lipinski definition) is 7. The maximum Gasteiger partial charge on any atom is 0.290 e. The molecule has 2 aromatic heterocycles. The summed E-state index contributed by atoms with van der Waals surface area (Å²) >= 11 is 0. The maximum absolute atomic E-state index is 13.4. The highest BCUT2D eigenvalue weighted by Gasteiger charge is 2.40. The number of carbonyl (C=O) groups is 2. The van der Waals surface area contributed by atoms with Crippen molar-refractivity contribution in [3.05, 3.63) is 58.0 Å². The highest BCUT2D eigenvalue weighted by atomic mass is 16.3. The molecule has 10 nitrogen and oxygen atoms in total. The lowest BCUT2D eigenvalue weighted by molar-refractivity contribution is -0.123. The second kappa shape index (κ2) is 12.4. The highest BCUT2D eigenvalue weighted by Crippen LogP contribution is 2.45. The number of pyridine rings is 1. The van der Waals surface area contributed by atoms with Gasteiger partial charge in [-0.15, -0.1) is 0 Å². The Morgan fingerprint density at radius 2 is 1.65 bits per heavy atom. The molecule has 200 valence electrons. The van der Waals surface area contributed by atoms with E-state index in [-0.39, 0.29) is 18.5 Å². The second-order valence-electron chi connectivity index (χ2n) is 10.8. The Morgan fingerprint density at radius 1 is 0.946 bits per heavy atom. The Labute approximate surface area is 217 Å². The van der Waals surface area contributed by atoms with E-state index in [1.165, 1.54) is 56.3 Å². The van der Waals surface area contributed by atoms with E-state index < -0.39 is 0 Å². The van der Waals surface area contributed by atoms with Crippen molar-refractivity contribution in [3.8, 4) is 0 Å². The number of rotatable bonds is 4. The zero-order chi connectivity index (χ0) is 26.3. The first-order valence-corrected chi connectivity index (χ1v) is 13.1.